The number of hydrazine groups is 1. The highest BCUT2D eigenvalue weighted by Crippen LogP contribution is 2.33. The molecule has 1 saturated carbocycles. The van der Waals surface area contributed by atoms with Crippen LogP contribution >= 0.6 is 11.6 Å². The topological polar surface area (TPSA) is 87.3 Å². The smallest absolute Gasteiger partial charge is 0.269 e. The summed E-state index contributed by atoms with van der Waals surface area (Å²) in [6.07, 6.45) is 6.35. The third kappa shape index (κ3) is 6.24. The molecule has 0 aromatic heterocycles. The van der Waals surface area contributed by atoms with Crippen LogP contribution in [-0.4, -0.2) is 14.3 Å². The molecular formula is C27H28ClN3O3S. The SMILES string of the molecule is C=C(NNC(=O)c1cccc(S(=O)(=O)Nc2ccccc2Cl)c1)c1ccc(C2CCCCC2)cc1. The number of carbonyl (C=O) groups excluding carboxylic acids is 1. The van der Waals surface area contributed by atoms with Crippen molar-refractivity contribution < 1.29 is 13.2 Å². The predicted molar refractivity (Wildman–Crippen MR) is 141 cm³/mol. The Hall–Kier alpha value is -3.29. The minimum atomic E-state index is -3.93. The van der Waals surface area contributed by atoms with Crippen molar-refractivity contribution >= 4 is 38.9 Å². The van der Waals surface area contributed by atoms with Gasteiger partial charge < -0.3 is 0 Å². The molecule has 4 rings (SSSR count). The number of sulfonamides is 1. The number of hydrogen-bond donors (Lipinski definition) is 3. The average Bonchev–Trinajstić information content (AvgIpc) is 2.89. The van der Waals surface area contributed by atoms with Gasteiger partial charge in [-0.25, -0.2) is 8.42 Å². The van der Waals surface area contributed by atoms with Crippen LogP contribution in [0.25, 0.3) is 5.70 Å². The highest BCUT2D eigenvalue weighted by molar-refractivity contribution is 7.92. The Kier molecular flexibility index (Phi) is 7.78. The van der Waals surface area contributed by atoms with E-state index in [1.165, 1.54) is 61.9 Å². The van der Waals surface area contributed by atoms with E-state index in [1.54, 1.807) is 24.3 Å². The number of rotatable bonds is 8. The molecule has 3 N–H and O–H groups in total. The van der Waals surface area contributed by atoms with Crippen molar-refractivity contribution in [2.75, 3.05) is 4.72 Å². The Morgan fingerprint density at radius 1 is 0.857 bits per heavy atom. The van der Waals surface area contributed by atoms with Gasteiger partial charge in [0.15, 0.2) is 0 Å². The number of amides is 1. The second-order valence-corrected chi connectivity index (χ2v) is 10.7. The van der Waals surface area contributed by atoms with Gasteiger partial charge in [0.2, 0.25) is 0 Å². The van der Waals surface area contributed by atoms with Crippen LogP contribution in [0.1, 0.15) is 59.5 Å². The third-order valence-corrected chi connectivity index (χ3v) is 7.88. The molecule has 1 fully saturated rings. The molecule has 6 nitrogen and oxygen atoms in total. The number of para-hydroxylation sites is 1. The molecule has 0 unspecified atom stereocenters. The molecule has 0 radical (unpaired) electrons. The van der Waals surface area contributed by atoms with E-state index in [2.05, 4.69) is 34.3 Å². The summed E-state index contributed by atoms with van der Waals surface area (Å²) in [5.41, 5.74) is 8.60. The lowest BCUT2D eigenvalue weighted by molar-refractivity contribution is 0.0942. The highest BCUT2D eigenvalue weighted by Gasteiger charge is 2.18. The van der Waals surface area contributed by atoms with Gasteiger partial charge in [-0.05, 0) is 60.2 Å². The molecule has 0 aliphatic heterocycles. The monoisotopic (exact) mass is 509 g/mol. The van der Waals surface area contributed by atoms with Gasteiger partial charge in [-0.2, -0.15) is 0 Å². The van der Waals surface area contributed by atoms with Crippen LogP contribution in [-0.2, 0) is 10.0 Å². The third-order valence-electron chi connectivity index (χ3n) is 6.19. The Labute approximate surface area is 211 Å². The van der Waals surface area contributed by atoms with E-state index < -0.39 is 15.9 Å². The summed E-state index contributed by atoms with van der Waals surface area (Å²) in [6.45, 7) is 4.00. The number of anilines is 1. The van der Waals surface area contributed by atoms with Gasteiger partial charge in [0, 0.05) is 5.56 Å². The van der Waals surface area contributed by atoms with E-state index >= 15 is 0 Å². The van der Waals surface area contributed by atoms with Crippen LogP contribution < -0.4 is 15.6 Å². The van der Waals surface area contributed by atoms with Gasteiger partial charge in [-0.15, -0.1) is 0 Å². The van der Waals surface area contributed by atoms with Gasteiger partial charge in [-0.3, -0.25) is 20.4 Å². The summed E-state index contributed by atoms with van der Waals surface area (Å²) in [4.78, 5) is 12.6. The van der Waals surface area contributed by atoms with Crippen molar-refractivity contribution in [1.82, 2.24) is 10.9 Å². The number of halogens is 1. The second-order valence-electron chi connectivity index (χ2n) is 8.63. The van der Waals surface area contributed by atoms with Crippen LogP contribution in [0.15, 0.2) is 84.3 Å². The molecule has 0 heterocycles. The second kappa shape index (κ2) is 11.0. The van der Waals surface area contributed by atoms with Crippen molar-refractivity contribution in [2.24, 2.45) is 0 Å². The van der Waals surface area contributed by atoms with Crippen molar-refractivity contribution in [3.63, 3.8) is 0 Å². The van der Waals surface area contributed by atoms with E-state index in [4.69, 9.17) is 11.6 Å². The minimum Gasteiger partial charge on any atom is -0.298 e. The van der Waals surface area contributed by atoms with Crippen LogP contribution in [0.3, 0.4) is 0 Å². The highest BCUT2D eigenvalue weighted by atomic mass is 35.5. The summed E-state index contributed by atoms with van der Waals surface area (Å²) < 4.78 is 28.0. The zero-order chi connectivity index (χ0) is 24.8. The summed E-state index contributed by atoms with van der Waals surface area (Å²) >= 11 is 6.06. The first-order chi connectivity index (χ1) is 16.8. The molecule has 0 saturated heterocycles. The average molecular weight is 510 g/mol. The quantitative estimate of drug-likeness (QED) is 0.320. The van der Waals surface area contributed by atoms with Crippen LogP contribution in [0.2, 0.25) is 5.02 Å². The Bertz CT molecular complexity index is 1320. The number of benzene rings is 3. The lowest BCUT2D eigenvalue weighted by atomic mass is 9.84. The molecular weight excluding hydrogens is 482 g/mol. The lowest BCUT2D eigenvalue weighted by Crippen LogP contribution is -2.35. The fraction of sp³-hybridized carbons (Fsp3) is 0.222. The zero-order valence-corrected chi connectivity index (χ0v) is 20.8. The van der Waals surface area contributed by atoms with Gasteiger partial charge in [0.25, 0.3) is 15.9 Å². The molecule has 0 spiro atoms. The van der Waals surface area contributed by atoms with E-state index in [1.807, 2.05) is 12.1 Å². The van der Waals surface area contributed by atoms with Crippen molar-refractivity contribution in [1.29, 1.82) is 0 Å². The molecule has 0 atom stereocenters. The van der Waals surface area contributed by atoms with Crippen LogP contribution in [0.5, 0.6) is 0 Å². The first-order valence-corrected chi connectivity index (χ1v) is 13.4. The molecule has 0 bridgehead atoms. The van der Waals surface area contributed by atoms with Gasteiger partial charge in [0.05, 0.1) is 21.3 Å². The van der Waals surface area contributed by atoms with Crippen LogP contribution in [0.4, 0.5) is 5.69 Å². The molecule has 3 aromatic carbocycles. The Morgan fingerprint density at radius 2 is 1.57 bits per heavy atom. The summed E-state index contributed by atoms with van der Waals surface area (Å²) in [5, 5.41) is 0.277. The van der Waals surface area contributed by atoms with E-state index in [9.17, 15) is 13.2 Å². The van der Waals surface area contributed by atoms with Gasteiger partial charge in [-0.1, -0.05) is 79.9 Å². The Morgan fingerprint density at radius 3 is 2.29 bits per heavy atom. The summed E-state index contributed by atoms with van der Waals surface area (Å²) in [6, 6.07) is 20.5. The number of nitrogens with one attached hydrogen (secondary N) is 3. The minimum absolute atomic E-state index is 0.0535. The Balaban J connectivity index is 1.38. The van der Waals surface area contributed by atoms with Crippen molar-refractivity contribution in [3.8, 4) is 0 Å². The first kappa shape index (κ1) is 24.8. The molecule has 8 heteroatoms. The van der Waals surface area contributed by atoms with E-state index in [0.717, 1.165) is 5.56 Å². The lowest BCUT2D eigenvalue weighted by Gasteiger charge is -2.22. The predicted octanol–water partition coefficient (Wildman–Crippen LogP) is 6.09. The maximum Gasteiger partial charge on any atom is 0.269 e. The summed E-state index contributed by atoms with van der Waals surface area (Å²) in [7, 11) is -3.93. The largest absolute Gasteiger partial charge is 0.298 e. The normalized spacial score (nSPS) is 14.2. The van der Waals surface area contributed by atoms with Gasteiger partial charge >= 0.3 is 0 Å². The molecule has 1 amide bonds. The fourth-order valence-electron chi connectivity index (χ4n) is 4.22. The van der Waals surface area contributed by atoms with E-state index in [-0.39, 0.29) is 21.2 Å². The first-order valence-electron chi connectivity index (χ1n) is 11.6. The standard InChI is InChI=1S/C27H28ClN3O3S/c1-19(20-14-16-22(17-15-20)21-8-3-2-4-9-21)29-30-27(32)23-10-7-11-24(18-23)35(33,34)31-26-13-6-5-12-25(26)28/h5-7,10-18,21,29,31H,1-4,8-9H2,(H,30,32). The molecule has 1 aliphatic rings. The summed E-state index contributed by atoms with van der Waals surface area (Å²) in [5.74, 6) is 0.134. The number of carbonyl (C=O) groups is 1. The zero-order valence-electron chi connectivity index (χ0n) is 19.3. The fourth-order valence-corrected chi connectivity index (χ4v) is 5.59. The molecule has 35 heavy (non-hydrogen) atoms. The van der Waals surface area contributed by atoms with Gasteiger partial charge in [0.1, 0.15) is 0 Å². The molecule has 1 aliphatic carbocycles. The van der Waals surface area contributed by atoms with Crippen LogP contribution in [0, 0.1) is 0 Å². The molecule has 182 valence electrons. The van der Waals surface area contributed by atoms with E-state index in [0.29, 0.717) is 11.6 Å². The number of hydrogen-bond acceptors (Lipinski definition) is 4. The molecule has 3 aromatic rings. The van der Waals surface area contributed by atoms with Crippen molar-refractivity contribution in [2.45, 2.75) is 42.9 Å². The maximum absolute atomic E-state index is 12.8. The van der Waals surface area contributed by atoms with Crippen molar-refractivity contribution in [3.05, 3.63) is 101 Å². The maximum atomic E-state index is 12.8.